The molecule has 0 radical (unpaired) electrons. The van der Waals surface area contributed by atoms with E-state index < -0.39 is 5.91 Å². The van der Waals surface area contributed by atoms with Gasteiger partial charge in [-0.15, -0.1) is 0 Å². The van der Waals surface area contributed by atoms with E-state index in [9.17, 15) is 4.79 Å². The normalized spacial score (nSPS) is 14.4. The molecular weight excluding hydrogens is 386 g/mol. The van der Waals surface area contributed by atoms with Gasteiger partial charge in [0, 0.05) is 47.4 Å². The van der Waals surface area contributed by atoms with Crippen LogP contribution >= 0.6 is 11.6 Å². The van der Waals surface area contributed by atoms with Crippen molar-refractivity contribution in [2.75, 3.05) is 18.8 Å². The molecule has 7 heteroatoms. The molecule has 29 heavy (non-hydrogen) atoms. The summed E-state index contributed by atoms with van der Waals surface area (Å²) in [6.45, 7) is 5.04. The highest BCUT2D eigenvalue weighted by molar-refractivity contribution is 6.33. The molecule has 1 fully saturated rings. The monoisotopic (exact) mass is 409 g/mol. The summed E-state index contributed by atoms with van der Waals surface area (Å²) in [6.07, 6.45) is 7.79. The van der Waals surface area contributed by atoms with Gasteiger partial charge in [-0.1, -0.05) is 17.7 Å². The molecular formula is C22H24ClN5O. The van der Waals surface area contributed by atoms with Crippen LogP contribution in [0.2, 0.25) is 5.02 Å². The highest BCUT2D eigenvalue weighted by atomic mass is 35.5. The number of pyridine rings is 1. The van der Waals surface area contributed by atoms with Gasteiger partial charge in [-0.25, -0.2) is 4.98 Å². The number of aryl methyl sites for hydroxylation is 1. The van der Waals surface area contributed by atoms with Gasteiger partial charge in [0.25, 0.3) is 5.91 Å². The van der Waals surface area contributed by atoms with Crippen molar-refractivity contribution in [1.82, 2.24) is 14.5 Å². The topological polar surface area (TPSA) is 90.2 Å². The summed E-state index contributed by atoms with van der Waals surface area (Å²) in [5.74, 6) is -0.0911. The van der Waals surface area contributed by atoms with Gasteiger partial charge in [0.1, 0.15) is 5.82 Å². The van der Waals surface area contributed by atoms with Crippen molar-refractivity contribution in [3.63, 3.8) is 0 Å². The number of hydrogen-bond acceptors (Lipinski definition) is 4. The maximum absolute atomic E-state index is 12.2. The molecule has 1 aliphatic heterocycles. The fraction of sp³-hybridized carbons (Fsp3) is 0.273. The van der Waals surface area contributed by atoms with Crippen LogP contribution in [-0.4, -0.2) is 33.4 Å². The molecule has 150 valence electrons. The summed E-state index contributed by atoms with van der Waals surface area (Å²) in [4.78, 5) is 18.7. The SMILES string of the molecule is Cc1cnc(N)cc1-n1cc(C(N)=O)c(-c2cc(CN3CCCC3)ccc2Cl)c1. The minimum atomic E-state index is -0.501. The van der Waals surface area contributed by atoms with Crippen LogP contribution in [0.4, 0.5) is 5.82 Å². The fourth-order valence-electron chi connectivity index (χ4n) is 3.89. The lowest BCUT2D eigenvalue weighted by atomic mass is 10.0. The van der Waals surface area contributed by atoms with Crippen LogP contribution in [0.15, 0.2) is 42.9 Å². The lowest BCUT2D eigenvalue weighted by Crippen LogP contribution is -2.18. The van der Waals surface area contributed by atoms with E-state index in [0.29, 0.717) is 22.0 Å². The number of carbonyl (C=O) groups excluding carboxylic acids is 1. The van der Waals surface area contributed by atoms with E-state index in [0.717, 1.165) is 36.4 Å². The number of nitrogen functional groups attached to an aromatic ring is 1. The number of rotatable bonds is 5. The van der Waals surface area contributed by atoms with Crippen LogP contribution in [0, 0.1) is 6.92 Å². The number of nitrogens with zero attached hydrogens (tertiary/aromatic N) is 3. The molecule has 0 atom stereocenters. The van der Waals surface area contributed by atoms with Crippen molar-refractivity contribution in [1.29, 1.82) is 0 Å². The van der Waals surface area contributed by atoms with E-state index in [1.165, 1.54) is 18.4 Å². The van der Waals surface area contributed by atoms with Gasteiger partial charge < -0.3 is 16.0 Å². The van der Waals surface area contributed by atoms with Gasteiger partial charge in [0.15, 0.2) is 0 Å². The summed E-state index contributed by atoms with van der Waals surface area (Å²) in [5, 5.41) is 0.585. The highest BCUT2D eigenvalue weighted by Gasteiger charge is 2.19. The number of likely N-dealkylation sites (tertiary alicyclic amines) is 1. The smallest absolute Gasteiger partial charge is 0.250 e. The van der Waals surface area contributed by atoms with Crippen molar-refractivity contribution >= 4 is 23.3 Å². The standard InChI is InChI=1S/C22H24ClN5O/c1-14-10-26-21(24)9-20(14)28-12-17(18(13-28)22(25)29)16-8-15(4-5-19(16)23)11-27-6-2-3-7-27/h4-5,8-10,12-13H,2-3,6-7,11H2,1H3,(H2,24,26)(H2,25,29). The van der Waals surface area contributed by atoms with E-state index in [-0.39, 0.29) is 0 Å². The van der Waals surface area contributed by atoms with Crippen LogP contribution in [-0.2, 0) is 6.54 Å². The van der Waals surface area contributed by atoms with Gasteiger partial charge >= 0.3 is 0 Å². The molecule has 1 aliphatic rings. The highest BCUT2D eigenvalue weighted by Crippen LogP contribution is 2.34. The number of primary amides is 1. The zero-order valence-electron chi connectivity index (χ0n) is 16.4. The molecule has 0 saturated carbocycles. The van der Waals surface area contributed by atoms with Crippen LogP contribution in [0.5, 0.6) is 0 Å². The summed E-state index contributed by atoms with van der Waals surface area (Å²) in [5.41, 5.74) is 16.4. The average Bonchev–Trinajstić information content (AvgIpc) is 3.35. The van der Waals surface area contributed by atoms with Crippen molar-refractivity contribution in [2.45, 2.75) is 26.3 Å². The van der Waals surface area contributed by atoms with Crippen molar-refractivity contribution < 1.29 is 4.79 Å². The Morgan fingerprint density at radius 1 is 1.17 bits per heavy atom. The molecule has 0 bridgehead atoms. The molecule has 1 aromatic carbocycles. The van der Waals surface area contributed by atoms with Gasteiger partial charge in [0.05, 0.1) is 11.3 Å². The summed E-state index contributed by atoms with van der Waals surface area (Å²) in [7, 11) is 0. The number of amides is 1. The lowest BCUT2D eigenvalue weighted by molar-refractivity contribution is 0.100. The second kappa shape index (κ2) is 7.89. The predicted octanol–water partition coefficient (Wildman–Crippen LogP) is 3.78. The first-order valence-electron chi connectivity index (χ1n) is 9.68. The molecule has 0 aliphatic carbocycles. The Kier molecular flexibility index (Phi) is 5.30. The second-order valence-corrected chi connectivity index (χ2v) is 7.96. The number of aromatic nitrogens is 2. The number of hydrogen-bond donors (Lipinski definition) is 2. The van der Waals surface area contributed by atoms with Crippen molar-refractivity contribution in [3.8, 4) is 16.8 Å². The molecule has 0 spiro atoms. The summed E-state index contributed by atoms with van der Waals surface area (Å²) >= 11 is 6.53. The van der Waals surface area contributed by atoms with Gasteiger partial charge in [-0.3, -0.25) is 9.69 Å². The Labute approximate surface area is 175 Å². The average molecular weight is 410 g/mol. The van der Waals surface area contributed by atoms with Crippen LogP contribution < -0.4 is 11.5 Å². The van der Waals surface area contributed by atoms with Gasteiger partial charge in [-0.05, 0) is 56.1 Å². The zero-order valence-corrected chi connectivity index (χ0v) is 17.1. The van der Waals surface area contributed by atoms with Crippen molar-refractivity contribution in [2.24, 2.45) is 5.73 Å². The minimum Gasteiger partial charge on any atom is -0.384 e. The Morgan fingerprint density at radius 3 is 2.66 bits per heavy atom. The number of anilines is 1. The molecule has 6 nitrogen and oxygen atoms in total. The molecule has 2 aromatic heterocycles. The van der Waals surface area contributed by atoms with E-state index >= 15 is 0 Å². The molecule has 3 aromatic rings. The molecule has 1 amide bonds. The lowest BCUT2D eigenvalue weighted by Gasteiger charge is -2.16. The largest absolute Gasteiger partial charge is 0.384 e. The van der Waals surface area contributed by atoms with Gasteiger partial charge in [-0.2, -0.15) is 0 Å². The summed E-state index contributed by atoms with van der Waals surface area (Å²) < 4.78 is 1.85. The fourth-order valence-corrected chi connectivity index (χ4v) is 4.11. The van der Waals surface area contributed by atoms with E-state index in [4.69, 9.17) is 23.1 Å². The molecule has 4 rings (SSSR count). The van der Waals surface area contributed by atoms with Crippen LogP contribution in [0.1, 0.15) is 34.3 Å². The third-order valence-electron chi connectivity index (χ3n) is 5.39. The van der Waals surface area contributed by atoms with Crippen LogP contribution in [0.3, 0.4) is 0 Å². The Hall–Kier alpha value is -2.83. The van der Waals surface area contributed by atoms with E-state index in [1.807, 2.05) is 29.8 Å². The number of halogens is 1. The maximum atomic E-state index is 12.2. The summed E-state index contributed by atoms with van der Waals surface area (Å²) in [6, 6.07) is 7.76. The third-order valence-corrected chi connectivity index (χ3v) is 5.72. The van der Waals surface area contributed by atoms with Crippen molar-refractivity contribution in [3.05, 3.63) is 64.6 Å². The molecule has 3 heterocycles. The molecule has 4 N–H and O–H groups in total. The quantitative estimate of drug-likeness (QED) is 0.671. The van der Waals surface area contributed by atoms with E-state index in [1.54, 1.807) is 18.5 Å². The first kappa shape index (κ1) is 19.5. The van der Waals surface area contributed by atoms with Gasteiger partial charge in [0.2, 0.25) is 0 Å². The predicted molar refractivity (Wildman–Crippen MR) is 116 cm³/mol. The Bertz CT molecular complexity index is 1070. The Morgan fingerprint density at radius 2 is 1.93 bits per heavy atom. The first-order chi connectivity index (χ1) is 13.9. The second-order valence-electron chi connectivity index (χ2n) is 7.55. The van der Waals surface area contributed by atoms with Crippen LogP contribution in [0.25, 0.3) is 16.8 Å². The number of benzene rings is 1. The maximum Gasteiger partial charge on any atom is 0.250 e. The minimum absolute atomic E-state index is 0.409. The third kappa shape index (κ3) is 3.99. The number of carbonyl (C=O) groups is 1. The first-order valence-corrected chi connectivity index (χ1v) is 10.1. The molecule has 0 unspecified atom stereocenters. The molecule has 1 saturated heterocycles. The zero-order chi connectivity index (χ0) is 20.5. The number of nitrogens with two attached hydrogens (primary N) is 2. The Balaban J connectivity index is 1.79. The van der Waals surface area contributed by atoms with E-state index in [2.05, 4.69) is 16.0 Å².